The van der Waals surface area contributed by atoms with E-state index in [1.807, 2.05) is 69.3 Å². The lowest BCUT2D eigenvalue weighted by atomic mass is 9.86. The van der Waals surface area contributed by atoms with Gasteiger partial charge in [-0.25, -0.2) is 4.98 Å². The Morgan fingerprint density at radius 2 is 1.60 bits per heavy atom. The van der Waals surface area contributed by atoms with E-state index in [2.05, 4.69) is 36.4 Å². The summed E-state index contributed by atoms with van der Waals surface area (Å²) in [6.45, 7) is 14.8. The molecular weight excluding hydrogens is 536 g/mol. The Morgan fingerprint density at radius 1 is 0.930 bits per heavy atom. The lowest BCUT2D eigenvalue weighted by Gasteiger charge is -2.19. The Hall–Kier alpha value is -4.52. The molecular formula is C36H44N4O3. The van der Waals surface area contributed by atoms with Gasteiger partial charge in [0.1, 0.15) is 5.82 Å². The first-order chi connectivity index (χ1) is 20.4. The smallest absolute Gasteiger partial charge is 0.255 e. The Labute approximate surface area is 256 Å². The number of carbonyl (C=O) groups excluding carboxylic acids is 3. The highest BCUT2D eigenvalue weighted by molar-refractivity contribution is 6.05. The first-order valence-corrected chi connectivity index (χ1v) is 14.8. The second kappa shape index (κ2) is 14.6. The molecule has 7 heteroatoms. The lowest BCUT2D eigenvalue weighted by Crippen LogP contribution is -2.27. The number of rotatable bonds is 11. The van der Waals surface area contributed by atoms with Crippen molar-refractivity contribution < 1.29 is 14.4 Å². The van der Waals surface area contributed by atoms with Crippen LogP contribution in [0.4, 0.5) is 11.5 Å². The highest BCUT2D eigenvalue weighted by Crippen LogP contribution is 2.28. The molecule has 0 bridgehead atoms. The molecule has 2 N–H and O–H groups in total. The maximum atomic E-state index is 13.1. The number of hydrogen-bond donors (Lipinski definition) is 2. The van der Waals surface area contributed by atoms with Crippen LogP contribution in [0.25, 0.3) is 5.57 Å². The number of ketones is 1. The molecule has 43 heavy (non-hydrogen) atoms. The number of anilines is 2. The second-order valence-electron chi connectivity index (χ2n) is 11.6. The number of pyridine rings is 1. The average Bonchev–Trinajstić information content (AvgIpc) is 2.99. The van der Waals surface area contributed by atoms with E-state index in [0.717, 1.165) is 28.7 Å². The van der Waals surface area contributed by atoms with Crippen LogP contribution in [0.3, 0.4) is 0 Å². The number of aromatic nitrogens is 1. The van der Waals surface area contributed by atoms with Crippen LogP contribution >= 0.6 is 0 Å². The maximum absolute atomic E-state index is 13.1. The number of Topliss-reactive ketones (excluding diaryl/α,β-unsaturated/α-hetero) is 1. The van der Waals surface area contributed by atoms with Crippen molar-refractivity contribution in [2.45, 2.75) is 66.7 Å². The zero-order chi connectivity index (χ0) is 31.7. The third-order valence-corrected chi connectivity index (χ3v) is 7.32. The third kappa shape index (κ3) is 8.51. The SMILES string of the molecule is C/C=C(\C=C(\Nc1ccc(C(=O)N(C)CCC)cn1)C(=O)CC)c1cccc(NC(=O)c2ccc(C(C)(C)C)cc2)c1C. The number of nitrogens with one attached hydrogen (secondary N) is 2. The van der Waals surface area contributed by atoms with Gasteiger partial charge in [-0.15, -0.1) is 0 Å². The summed E-state index contributed by atoms with van der Waals surface area (Å²) in [6, 6.07) is 16.8. The standard InChI is InChI=1S/C36H44N4O3/c1-9-21-40(8)35(43)27-17-20-33(37-23-27)38-31(32(41)11-3)22-25(10-2)29-13-12-14-30(24(29)4)39-34(42)26-15-18-28(19-16-26)36(5,6)7/h10,12-20,22-23H,9,11,21H2,1-8H3,(H,37,38)(H,39,42)/b25-10+,31-22+. The summed E-state index contributed by atoms with van der Waals surface area (Å²) in [4.78, 5) is 44.7. The highest BCUT2D eigenvalue weighted by atomic mass is 16.2. The monoisotopic (exact) mass is 580 g/mol. The van der Waals surface area contributed by atoms with E-state index in [-0.39, 0.29) is 23.0 Å². The molecule has 0 spiro atoms. The van der Waals surface area contributed by atoms with Gasteiger partial charge in [-0.05, 0) is 84.4 Å². The molecule has 1 heterocycles. The molecule has 0 saturated carbocycles. The van der Waals surface area contributed by atoms with Gasteiger partial charge in [-0.3, -0.25) is 14.4 Å². The average molecular weight is 581 g/mol. The van der Waals surface area contributed by atoms with E-state index in [1.54, 1.807) is 37.1 Å². The summed E-state index contributed by atoms with van der Waals surface area (Å²) >= 11 is 0. The summed E-state index contributed by atoms with van der Waals surface area (Å²) in [6.07, 6.45) is 6.44. The van der Waals surface area contributed by atoms with Gasteiger partial charge < -0.3 is 15.5 Å². The first kappa shape index (κ1) is 33.0. The third-order valence-electron chi connectivity index (χ3n) is 7.32. The maximum Gasteiger partial charge on any atom is 0.255 e. The Morgan fingerprint density at radius 3 is 2.16 bits per heavy atom. The zero-order valence-corrected chi connectivity index (χ0v) is 26.7. The predicted molar refractivity (Wildman–Crippen MR) is 176 cm³/mol. The normalized spacial score (nSPS) is 12.1. The van der Waals surface area contributed by atoms with Gasteiger partial charge in [0.2, 0.25) is 0 Å². The van der Waals surface area contributed by atoms with Gasteiger partial charge in [-0.1, -0.05) is 65.0 Å². The number of hydrogen-bond acceptors (Lipinski definition) is 5. The van der Waals surface area contributed by atoms with Gasteiger partial charge >= 0.3 is 0 Å². The summed E-state index contributed by atoms with van der Waals surface area (Å²) in [7, 11) is 1.77. The molecule has 2 aromatic carbocycles. The van der Waals surface area contributed by atoms with E-state index in [9.17, 15) is 14.4 Å². The van der Waals surface area contributed by atoms with Crippen LogP contribution in [0, 0.1) is 6.92 Å². The molecule has 0 aliphatic heterocycles. The number of nitrogens with zero attached hydrogens (tertiary/aromatic N) is 2. The fourth-order valence-corrected chi connectivity index (χ4v) is 4.64. The van der Waals surface area contributed by atoms with E-state index >= 15 is 0 Å². The van der Waals surface area contributed by atoms with Crippen LogP contribution in [0.5, 0.6) is 0 Å². The summed E-state index contributed by atoms with van der Waals surface area (Å²) in [5.74, 6) is 0.107. The van der Waals surface area contributed by atoms with Crippen molar-refractivity contribution in [2.24, 2.45) is 0 Å². The summed E-state index contributed by atoms with van der Waals surface area (Å²) in [5, 5.41) is 6.20. The molecule has 2 amide bonds. The van der Waals surface area contributed by atoms with Gasteiger partial charge in [0.05, 0.1) is 11.3 Å². The molecule has 0 unspecified atom stereocenters. The predicted octanol–water partition coefficient (Wildman–Crippen LogP) is 7.80. The molecule has 0 aliphatic carbocycles. The lowest BCUT2D eigenvalue weighted by molar-refractivity contribution is -0.115. The Bertz CT molecular complexity index is 1510. The minimum absolute atomic E-state index is 0.00698. The van der Waals surface area contributed by atoms with Crippen LogP contribution in [-0.4, -0.2) is 41.1 Å². The molecule has 7 nitrogen and oxygen atoms in total. The molecule has 0 atom stereocenters. The second-order valence-corrected chi connectivity index (χ2v) is 11.6. The molecule has 0 radical (unpaired) electrons. The molecule has 0 saturated heterocycles. The van der Waals surface area contributed by atoms with Crippen molar-refractivity contribution in [1.82, 2.24) is 9.88 Å². The van der Waals surface area contributed by atoms with Crippen molar-refractivity contribution in [3.05, 3.63) is 106 Å². The Balaban J connectivity index is 1.85. The van der Waals surface area contributed by atoms with Crippen molar-refractivity contribution in [2.75, 3.05) is 24.2 Å². The Kier molecular flexibility index (Phi) is 11.2. The number of benzene rings is 2. The van der Waals surface area contributed by atoms with Crippen LogP contribution in [0.15, 0.2) is 78.6 Å². The van der Waals surface area contributed by atoms with Gasteiger partial charge in [0.15, 0.2) is 5.78 Å². The van der Waals surface area contributed by atoms with Crippen LogP contribution in [-0.2, 0) is 10.2 Å². The number of allylic oxidation sites excluding steroid dienone is 4. The minimum atomic E-state index is -0.185. The van der Waals surface area contributed by atoms with E-state index in [4.69, 9.17) is 0 Å². The van der Waals surface area contributed by atoms with Gasteiger partial charge in [-0.2, -0.15) is 0 Å². The van der Waals surface area contributed by atoms with E-state index < -0.39 is 0 Å². The minimum Gasteiger partial charge on any atom is -0.342 e. The zero-order valence-electron chi connectivity index (χ0n) is 26.7. The van der Waals surface area contributed by atoms with Crippen LogP contribution in [0.2, 0.25) is 0 Å². The number of carbonyl (C=O) groups is 3. The molecule has 3 rings (SSSR count). The fourth-order valence-electron chi connectivity index (χ4n) is 4.64. The fraction of sp³-hybridized carbons (Fsp3) is 0.333. The van der Waals surface area contributed by atoms with E-state index in [1.165, 1.54) is 6.20 Å². The molecule has 226 valence electrons. The topological polar surface area (TPSA) is 91.4 Å². The molecule has 0 fully saturated rings. The largest absolute Gasteiger partial charge is 0.342 e. The summed E-state index contributed by atoms with van der Waals surface area (Å²) < 4.78 is 0. The van der Waals surface area contributed by atoms with Crippen molar-refractivity contribution in [1.29, 1.82) is 0 Å². The molecule has 0 aliphatic rings. The van der Waals surface area contributed by atoms with E-state index in [0.29, 0.717) is 41.3 Å². The van der Waals surface area contributed by atoms with Crippen LogP contribution in [0.1, 0.15) is 91.8 Å². The summed E-state index contributed by atoms with van der Waals surface area (Å²) in [5.41, 5.74) is 5.92. The quantitative estimate of drug-likeness (QED) is 0.178. The highest BCUT2D eigenvalue weighted by Gasteiger charge is 2.17. The van der Waals surface area contributed by atoms with Crippen LogP contribution < -0.4 is 10.6 Å². The van der Waals surface area contributed by atoms with Gasteiger partial charge in [0.25, 0.3) is 11.8 Å². The first-order valence-electron chi connectivity index (χ1n) is 14.8. The van der Waals surface area contributed by atoms with Gasteiger partial charge in [0, 0.05) is 37.5 Å². The number of amides is 2. The molecule has 1 aromatic heterocycles. The van der Waals surface area contributed by atoms with Crippen molar-refractivity contribution >= 4 is 34.7 Å². The van der Waals surface area contributed by atoms with Crippen molar-refractivity contribution in [3.63, 3.8) is 0 Å². The van der Waals surface area contributed by atoms with Crippen molar-refractivity contribution in [3.8, 4) is 0 Å². The molecule has 3 aromatic rings.